The van der Waals surface area contributed by atoms with Crippen LogP contribution in [-0.2, 0) is 0 Å². The topological polar surface area (TPSA) is 20.3 Å². The van der Waals surface area contributed by atoms with Crippen LogP contribution in [0.4, 0.5) is 5.69 Å². The number of carbonyl (C=O) groups excluding carboxylic acids is 1. The first-order chi connectivity index (χ1) is 8.61. The average molecular weight is 260 g/mol. The molecule has 0 fully saturated rings. The van der Waals surface area contributed by atoms with Gasteiger partial charge in [0.1, 0.15) is 6.29 Å². The predicted octanol–water partition coefficient (Wildman–Crippen LogP) is 3.89. The molecule has 0 bridgehead atoms. The SMILES string of the molecule is CN(C)c1ccc(-c2ccc(C=O)cc2Cl)cc1. The maximum atomic E-state index is 10.7. The molecule has 2 aromatic rings. The Morgan fingerprint density at radius 3 is 2.22 bits per heavy atom. The quantitative estimate of drug-likeness (QED) is 0.780. The minimum Gasteiger partial charge on any atom is -0.378 e. The zero-order chi connectivity index (χ0) is 13.1. The summed E-state index contributed by atoms with van der Waals surface area (Å²) in [6, 6.07) is 13.5. The Morgan fingerprint density at radius 1 is 1.06 bits per heavy atom. The summed E-state index contributed by atoms with van der Waals surface area (Å²) in [5.74, 6) is 0. The van der Waals surface area contributed by atoms with E-state index in [2.05, 4.69) is 0 Å². The Bertz CT molecular complexity index is 561. The monoisotopic (exact) mass is 259 g/mol. The summed E-state index contributed by atoms with van der Waals surface area (Å²) in [5.41, 5.74) is 3.71. The van der Waals surface area contributed by atoms with Gasteiger partial charge >= 0.3 is 0 Å². The highest BCUT2D eigenvalue weighted by molar-refractivity contribution is 6.33. The van der Waals surface area contributed by atoms with E-state index in [0.717, 1.165) is 23.1 Å². The van der Waals surface area contributed by atoms with Crippen molar-refractivity contribution in [2.24, 2.45) is 0 Å². The number of nitrogens with zero attached hydrogens (tertiary/aromatic N) is 1. The number of hydrogen-bond acceptors (Lipinski definition) is 2. The summed E-state index contributed by atoms with van der Waals surface area (Å²) < 4.78 is 0. The highest BCUT2D eigenvalue weighted by Gasteiger charge is 2.05. The van der Waals surface area contributed by atoms with E-state index in [9.17, 15) is 4.79 Å². The highest BCUT2D eigenvalue weighted by Crippen LogP contribution is 2.29. The summed E-state index contributed by atoms with van der Waals surface area (Å²) in [4.78, 5) is 12.7. The Morgan fingerprint density at radius 2 is 1.72 bits per heavy atom. The van der Waals surface area contributed by atoms with Crippen molar-refractivity contribution in [3.63, 3.8) is 0 Å². The molecule has 3 heteroatoms. The molecule has 0 aliphatic heterocycles. The first-order valence-corrected chi connectivity index (χ1v) is 6.02. The number of carbonyl (C=O) groups is 1. The third kappa shape index (κ3) is 2.54. The van der Waals surface area contributed by atoms with Crippen LogP contribution in [-0.4, -0.2) is 20.4 Å². The van der Waals surface area contributed by atoms with Gasteiger partial charge in [-0.15, -0.1) is 0 Å². The van der Waals surface area contributed by atoms with Crippen molar-refractivity contribution in [3.8, 4) is 11.1 Å². The molecule has 0 aliphatic rings. The van der Waals surface area contributed by atoms with E-state index in [0.29, 0.717) is 10.6 Å². The molecule has 0 heterocycles. The zero-order valence-corrected chi connectivity index (χ0v) is 11.1. The first kappa shape index (κ1) is 12.7. The van der Waals surface area contributed by atoms with Gasteiger partial charge in [0.15, 0.2) is 0 Å². The van der Waals surface area contributed by atoms with Crippen LogP contribution in [0.1, 0.15) is 10.4 Å². The molecule has 0 aromatic heterocycles. The van der Waals surface area contributed by atoms with E-state index in [1.54, 1.807) is 12.1 Å². The molecule has 0 saturated carbocycles. The number of hydrogen-bond donors (Lipinski definition) is 0. The van der Waals surface area contributed by atoms with Crippen LogP contribution < -0.4 is 4.90 Å². The van der Waals surface area contributed by atoms with Gasteiger partial charge in [-0.05, 0) is 23.8 Å². The van der Waals surface area contributed by atoms with Crippen LogP contribution in [0.15, 0.2) is 42.5 Å². The largest absolute Gasteiger partial charge is 0.378 e. The maximum Gasteiger partial charge on any atom is 0.150 e. The van der Waals surface area contributed by atoms with Crippen molar-refractivity contribution in [2.75, 3.05) is 19.0 Å². The zero-order valence-electron chi connectivity index (χ0n) is 10.4. The van der Waals surface area contributed by atoms with Gasteiger partial charge in [0, 0.05) is 35.9 Å². The van der Waals surface area contributed by atoms with Crippen LogP contribution in [0.5, 0.6) is 0 Å². The molecular weight excluding hydrogens is 246 g/mol. The van der Waals surface area contributed by atoms with Crippen LogP contribution in [0, 0.1) is 0 Å². The van der Waals surface area contributed by atoms with Crippen molar-refractivity contribution in [1.29, 1.82) is 0 Å². The van der Waals surface area contributed by atoms with E-state index < -0.39 is 0 Å². The molecule has 92 valence electrons. The second-order valence-electron chi connectivity index (χ2n) is 4.30. The fourth-order valence-corrected chi connectivity index (χ4v) is 2.08. The second-order valence-corrected chi connectivity index (χ2v) is 4.71. The summed E-state index contributed by atoms with van der Waals surface area (Å²) in [6.45, 7) is 0. The molecule has 2 rings (SSSR count). The van der Waals surface area contributed by atoms with Gasteiger partial charge in [-0.2, -0.15) is 0 Å². The van der Waals surface area contributed by atoms with Crippen LogP contribution in [0.2, 0.25) is 5.02 Å². The lowest BCUT2D eigenvalue weighted by Gasteiger charge is -2.13. The fourth-order valence-electron chi connectivity index (χ4n) is 1.78. The lowest BCUT2D eigenvalue weighted by Crippen LogP contribution is -2.07. The lowest BCUT2D eigenvalue weighted by atomic mass is 10.0. The molecular formula is C15H14ClNO. The smallest absolute Gasteiger partial charge is 0.150 e. The van der Waals surface area contributed by atoms with Gasteiger partial charge in [0.05, 0.1) is 0 Å². The van der Waals surface area contributed by atoms with Gasteiger partial charge < -0.3 is 4.90 Å². The molecule has 0 radical (unpaired) electrons. The molecule has 0 aliphatic carbocycles. The molecule has 0 amide bonds. The number of benzene rings is 2. The lowest BCUT2D eigenvalue weighted by molar-refractivity contribution is 0.112. The van der Waals surface area contributed by atoms with Crippen LogP contribution in [0.25, 0.3) is 11.1 Å². The number of halogens is 1. The van der Waals surface area contributed by atoms with Crippen molar-refractivity contribution in [1.82, 2.24) is 0 Å². The number of anilines is 1. The van der Waals surface area contributed by atoms with E-state index in [1.807, 2.05) is 49.3 Å². The van der Waals surface area contributed by atoms with Gasteiger partial charge in [-0.25, -0.2) is 0 Å². The van der Waals surface area contributed by atoms with Crippen molar-refractivity contribution >= 4 is 23.6 Å². The molecule has 2 nitrogen and oxygen atoms in total. The van der Waals surface area contributed by atoms with Crippen LogP contribution >= 0.6 is 11.6 Å². The fraction of sp³-hybridized carbons (Fsp3) is 0.133. The van der Waals surface area contributed by atoms with Crippen molar-refractivity contribution in [2.45, 2.75) is 0 Å². The standard InChI is InChI=1S/C15H14ClNO/c1-17(2)13-6-4-12(5-7-13)14-8-3-11(10-18)9-15(14)16/h3-10H,1-2H3. The van der Waals surface area contributed by atoms with Gasteiger partial charge in [0.2, 0.25) is 0 Å². The van der Waals surface area contributed by atoms with E-state index in [-0.39, 0.29) is 0 Å². The average Bonchev–Trinajstić information content (AvgIpc) is 2.38. The Balaban J connectivity index is 2.39. The van der Waals surface area contributed by atoms with Crippen LogP contribution in [0.3, 0.4) is 0 Å². The molecule has 0 N–H and O–H groups in total. The first-order valence-electron chi connectivity index (χ1n) is 5.64. The summed E-state index contributed by atoms with van der Waals surface area (Å²) in [5, 5.41) is 0.595. The number of aldehydes is 1. The Hall–Kier alpha value is -1.80. The second kappa shape index (κ2) is 5.23. The molecule has 0 saturated heterocycles. The molecule has 0 atom stereocenters. The summed E-state index contributed by atoms with van der Waals surface area (Å²) >= 11 is 6.18. The number of rotatable bonds is 3. The third-order valence-electron chi connectivity index (χ3n) is 2.82. The Labute approximate surface area is 112 Å². The van der Waals surface area contributed by atoms with Gasteiger partial charge in [0.25, 0.3) is 0 Å². The van der Waals surface area contributed by atoms with E-state index in [4.69, 9.17) is 11.6 Å². The molecule has 18 heavy (non-hydrogen) atoms. The van der Waals surface area contributed by atoms with E-state index >= 15 is 0 Å². The molecule has 2 aromatic carbocycles. The molecule has 0 unspecified atom stereocenters. The minimum atomic E-state index is 0.591. The van der Waals surface area contributed by atoms with Crippen molar-refractivity contribution in [3.05, 3.63) is 53.1 Å². The maximum absolute atomic E-state index is 10.7. The van der Waals surface area contributed by atoms with Crippen molar-refractivity contribution < 1.29 is 4.79 Å². The normalized spacial score (nSPS) is 10.2. The predicted molar refractivity (Wildman–Crippen MR) is 76.6 cm³/mol. The molecule has 0 spiro atoms. The van der Waals surface area contributed by atoms with Gasteiger partial charge in [-0.1, -0.05) is 35.9 Å². The summed E-state index contributed by atoms with van der Waals surface area (Å²) in [7, 11) is 4.00. The Kier molecular flexibility index (Phi) is 3.68. The summed E-state index contributed by atoms with van der Waals surface area (Å²) in [6.07, 6.45) is 0.796. The van der Waals surface area contributed by atoms with Gasteiger partial charge in [-0.3, -0.25) is 4.79 Å². The third-order valence-corrected chi connectivity index (χ3v) is 3.14. The van der Waals surface area contributed by atoms with E-state index in [1.165, 1.54) is 0 Å². The minimum absolute atomic E-state index is 0.591. The highest BCUT2D eigenvalue weighted by atomic mass is 35.5.